The highest BCUT2D eigenvalue weighted by Crippen LogP contribution is 2.25. The van der Waals surface area contributed by atoms with E-state index in [0.29, 0.717) is 5.56 Å². The van der Waals surface area contributed by atoms with Crippen LogP contribution in [0.5, 0.6) is 0 Å². The molecule has 0 bridgehead atoms. The first-order valence-corrected chi connectivity index (χ1v) is 5.83. The second-order valence-electron chi connectivity index (χ2n) is 4.52. The average molecular weight is 242 g/mol. The smallest absolute Gasteiger partial charge is 0.250 e. The number of likely N-dealkylation sites (N-methyl/N-ethyl adjacent to an activating group) is 1. The molecular formula is C13H14N4O. The molecule has 0 saturated carbocycles. The number of carbonyl (C=O) groups excluding carboxylic acids is 1. The Bertz CT molecular complexity index is 617. The van der Waals surface area contributed by atoms with Gasteiger partial charge in [-0.25, -0.2) is 4.98 Å². The molecule has 0 radical (unpaired) electrons. The minimum absolute atomic E-state index is 0.414. The molecule has 1 amide bonds. The molecule has 2 aromatic rings. The monoisotopic (exact) mass is 242 g/mol. The summed E-state index contributed by atoms with van der Waals surface area (Å²) in [7, 11) is 2.04. The summed E-state index contributed by atoms with van der Waals surface area (Å²) < 4.78 is 1.87. The maximum absolute atomic E-state index is 11.1. The highest BCUT2D eigenvalue weighted by Gasteiger charge is 2.17. The first kappa shape index (κ1) is 10.8. The van der Waals surface area contributed by atoms with Crippen molar-refractivity contribution in [3.63, 3.8) is 0 Å². The number of rotatable bonds is 2. The van der Waals surface area contributed by atoms with Crippen molar-refractivity contribution in [3.8, 4) is 5.69 Å². The summed E-state index contributed by atoms with van der Waals surface area (Å²) >= 11 is 0. The molecule has 3 rings (SSSR count). The number of primary amides is 1. The molecule has 2 aromatic heterocycles. The number of hydrogen-bond acceptors (Lipinski definition) is 3. The molecular weight excluding hydrogens is 228 g/mol. The fraction of sp³-hybridized carbons (Fsp3) is 0.231. The van der Waals surface area contributed by atoms with Crippen molar-refractivity contribution >= 4 is 11.7 Å². The molecule has 0 fully saturated rings. The van der Waals surface area contributed by atoms with Gasteiger partial charge in [-0.2, -0.15) is 0 Å². The Morgan fingerprint density at radius 1 is 1.50 bits per heavy atom. The lowest BCUT2D eigenvalue weighted by atomic mass is 10.2. The molecule has 0 spiro atoms. The van der Waals surface area contributed by atoms with E-state index in [0.717, 1.165) is 24.5 Å². The quantitative estimate of drug-likeness (QED) is 0.853. The van der Waals surface area contributed by atoms with Crippen molar-refractivity contribution in [1.29, 1.82) is 0 Å². The van der Waals surface area contributed by atoms with Gasteiger partial charge in [-0.05, 0) is 24.1 Å². The number of amides is 1. The van der Waals surface area contributed by atoms with E-state index in [9.17, 15) is 4.79 Å². The second-order valence-corrected chi connectivity index (χ2v) is 4.52. The average Bonchev–Trinajstić information content (AvgIpc) is 2.96. The van der Waals surface area contributed by atoms with E-state index in [-0.39, 0.29) is 0 Å². The van der Waals surface area contributed by atoms with Crippen molar-refractivity contribution in [3.05, 3.63) is 41.9 Å². The van der Waals surface area contributed by atoms with Crippen LogP contribution >= 0.6 is 0 Å². The Morgan fingerprint density at radius 2 is 2.33 bits per heavy atom. The third-order valence-corrected chi connectivity index (χ3v) is 3.28. The first-order valence-electron chi connectivity index (χ1n) is 5.83. The summed E-state index contributed by atoms with van der Waals surface area (Å²) in [6.45, 7) is 1.00. The third-order valence-electron chi connectivity index (χ3n) is 3.28. The molecule has 1 aliphatic rings. The first-order chi connectivity index (χ1) is 8.65. The number of fused-ring (bicyclic) bond motifs is 1. The van der Waals surface area contributed by atoms with Crippen LogP contribution in [0, 0.1) is 0 Å². The van der Waals surface area contributed by atoms with Crippen LogP contribution in [0.15, 0.2) is 30.7 Å². The predicted octanol–water partition coefficient (Wildman–Crippen LogP) is 0.963. The Labute approximate surface area is 105 Å². The molecule has 0 aromatic carbocycles. The van der Waals surface area contributed by atoms with Gasteiger partial charge in [0, 0.05) is 26.0 Å². The van der Waals surface area contributed by atoms with Gasteiger partial charge in [0.05, 0.1) is 17.4 Å². The number of hydrogen-bond donors (Lipinski definition) is 1. The Morgan fingerprint density at radius 3 is 3.06 bits per heavy atom. The highest BCUT2D eigenvalue weighted by molar-refractivity contribution is 5.92. The van der Waals surface area contributed by atoms with E-state index < -0.39 is 5.91 Å². The molecule has 5 heteroatoms. The fourth-order valence-electron chi connectivity index (χ4n) is 2.26. The zero-order valence-electron chi connectivity index (χ0n) is 10.1. The SMILES string of the molecule is CN1CCc2cc(-n3ccc(C(N)=O)c3)cnc21. The van der Waals surface area contributed by atoms with E-state index in [1.807, 2.05) is 24.0 Å². The number of anilines is 1. The molecule has 2 N–H and O–H groups in total. The molecule has 0 unspecified atom stereocenters. The second kappa shape index (κ2) is 3.87. The zero-order valence-corrected chi connectivity index (χ0v) is 10.1. The van der Waals surface area contributed by atoms with Crippen LogP contribution in [0.3, 0.4) is 0 Å². The highest BCUT2D eigenvalue weighted by atomic mass is 16.1. The summed E-state index contributed by atoms with van der Waals surface area (Å²) in [6, 6.07) is 3.82. The maximum Gasteiger partial charge on any atom is 0.250 e. The van der Waals surface area contributed by atoms with Gasteiger partial charge in [0.25, 0.3) is 0 Å². The fourth-order valence-corrected chi connectivity index (χ4v) is 2.26. The number of nitrogens with two attached hydrogens (primary N) is 1. The molecule has 3 heterocycles. The van der Waals surface area contributed by atoms with Gasteiger partial charge in [-0.15, -0.1) is 0 Å². The minimum atomic E-state index is -0.414. The van der Waals surface area contributed by atoms with Crippen LogP contribution in [-0.4, -0.2) is 29.1 Å². The third kappa shape index (κ3) is 1.64. The molecule has 0 atom stereocenters. The van der Waals surface area contributed by atoms with Crippen molar-refractivity contribution in [2.75, 3.05) is 18.5 Å². The number of pyridine rings is 1. The molecule has 1 aliphatic heterocycles. The predicted molar refractivity (Wildman–Crippen MR) is 69.1 cm³/mol. The Balaban J connectivity index is 1.99. The number of aromatic nitrogens is 2. The molecule has 5 nitrogen and oxygen atoms in total. The van der Waals surface area contributed by atoms with Gasteiger partial charge >= 0.3 is 0 Å². The van der Waals surface area contributed by atoms with Crippen LogP contribution in [0.2, 0.25) is 0 Å². The van der Waals surface area contributed by atoms with Crippen LogP contribution in [0.4, 0.5) is 5.82 Å². The normalized spacial score (nSPS) is 13.7. The summed E-state index contributed by atoms with van der Waals surface area (Å²) in [6.07, 6.45) is 6.37. The Hall–Kier alpha value is -2.30. The van der Waals surface area contributed by atoms with E-state index in [2.05, 4.69) is 16.0 Å². The van der Waals surface area contributed by atoms with E-state index in [1.54, 1.807) is 12.3 Å². The largest absolute Gasteiger partial charge is 0.366 e. The van der Waals surface area contributed by atoms with Gasteiger partial charge in [0.1, 0.15) is 5.82 Å². The molecule has 92 valence electrons. The summed E-state index contributed by atoms with van der Waals surface area (Å²) in [4.78, 5) is 17.7. The van der Waals surface area contributed by atoms with Gasteiger partial charge in [-0.1, -0.05) is 0 Å². The number of nitrogens with zero attached hydrogens (tertiary/aromatic N) is 3. The lowest BCUT2D eigenvalue weighted by Gasteiger charge is -2.11. The van der Waals surface area contributed by atoms with E-state index >= 15 is 0 Å². The van der Waals surface area contributed by atoms with Gasteiger partial charge in [0.15, 0.2) is 0 Å². The van der Waals surface area contributed by atoms with Crippen molar-refractivity contribution in [1.82, 2.24) is 9.55 Å². The standard InChI is InChI=1S/C13H14N4O/c1-16-4-2-9-6-11(7-15-13(9)16)17-5-3-10(8-17)12(14)18/h3,5-8H,2,4H2,1H3,(H2,14,18). The zero-order chi connectivity index (χ0) is 12.7. The molecule has 18 heavy (non-hydrogen) atoms. The summed E-state index contributed by atoms with van der Waals surface area (Å²) in [5.41, 5.74) is 7.94. The summed E-state index contributed by atoms with van der Waals surface area (Å²) in [5.74, 6) is 0.628. The van der Waals surface area contributed by atoms with Crippen molar-refractivity contribution < 1.29 is 4.79 Å². The topological polar surface area (TPSA) is 64.2 Å². The van der Waals surface area contributed by atoms with Gasteiger partial charge in [-0.3, -0.25) is 4.79 Å². The lowest BCUT2D eigenvalue weighted by Crippen LogP contribution is -2.13. The maximum atomic E-state index is 11.1. The Kier molecular flexibility index (Phi) is 2.33. The van der Waals surface area contributed by atoms with E-state index in [1.165, 1.54) is 5.56 Å². The molecule has 0 aliphatic carbocycles. The van der Waals surface area contributed by atoms with E-state index in [4.69, 9.17) is 5.73 Å². The summed E-state index contributed by atoms with van der Waals surface area (Å²) in [5, 5.41) is 0. The van der Waals surface area contributed by atoms with Crippen LogP contribution in [-0.2, 0) is 6.42 Å². The minimum Gasteiger partial charge on any atom is -0.366 e. The van der Waals surface area contributed by atoms with Gasteiger partial charge in [0.2, 0.25) is 5.91 Å². The van der Waals surface area contributed by atoms with Crippen molar-refractivity contribution in [2.24, 2.45) is 5.73 Å². The number of carbonyl (C=O) groups is 1. The van der Waals surface area contributed by atoms with Crippen LogP contribution in [0.1, 0.15) is 15.9 Å². The van der Waals surface area contributed by atoms with Gasteiger partial charge < -0.3 is 15.2 Å². The molecule has 0 saturated heterocycles. The lowest BCUT2D eigenvalue weighted by molar-refractivity contribution is 0.100. The van der Waals surface area contributed by atoms with Crippen LogP contribution < -0.4 is 10.6 Å². The van der Waals surface area contributed by atoms with Crippen LogP contribution in [0.25, 0.3) is 5.69 Å². The van der Waals surface area contributed by atoms with Crippen molar-refractivity contribution in [2.45, 2.75) is 6.42 Å².